The molecule has 0 radical (unpaired) electrons. The molecule has 2 atom stereocenters. The molecule has 1 aromatic rings. The summed E-state index contributed by atoms with van der Waals surface area (Å²) in [5, 5.41) is 7.44. The molecule has 0 aromatic carbocycles. The van der Waals surface area contributed by atoms with Crippen LogP contribution in [0.5, 0.6) is 0 Å². The Labute approximate surface area is 108 Å². The monoisotopic (exact) mass is 251 g/mol. The summed E-state index contributed by atoms with van der Waals surface area (Å²) < 4.78 is 0. The van der Waals surface area contributed by atoms with Crippen LogP contribution >= 0.6 is 11.8 Å². The standard InChI is InChI=1S/C13H21N3S/c1-14-12-7-4-8-13(16-12)15-10-5-3-6-11(9-10)17-2/h4,7-8,10-11H,3,5-6,9H2,1-2H3,(H2,14,15,16). The maximum atomic E-state index is 4.51. The van der Waals surface area contributed by atoms with E-state index in [1.54, 1.807) is 0 Å². The highest BCUT2D eigenvalue weighted by Gasteiger charge is 2.21. The fourth-order valence-electron chi connectivity index (χ4n) is 2.35. The lowest BCUT2D eigenvalue weighted by Crippen LogP contribution is -2.28. The third-order valence-corrected chi connectivity index (χ3v) is 4.41. The number of pyridine rings is 1. The predicted molar refractivity (Wildman–Crippen MR) is 77.0 cm³/mol. The van der Waals surface area contributed by atoms with Crippen molar-refractivity contribution < 1.29 is 0 Å². The van der Waals surface area contributed by atoms with Gasteiger partial charge in [0.05, 0.1) is 0 Å². The lowest BCUT2D eigenvalue weighted by Gasteiger charge is -2.29. The van der Waals surface area contributed by atoms with Crippen molar-refractivity contribution in [2.45, 2.75) is 37.0 Å². The lowest BCUT2D eigenvalue weighted by atomic mass is 9.95. The molecular weight excluding hydrogens is 230 g/mol. The minimum atomic E-state index is 0.584. The van der Waals surface area contributed by atoms with Gasteiger partial charge in [0, 0.05) is 18.3 Å². The van der Waals surface area contributed by atoms with Gasteiger partial charge in [0.2, 0.25) is 0 Å². The number of nitrogens with zero attached hydrogens (tertiary/aromatic N) is 1. The van der Waals surface area contributed by atoms with Crippen LogP contribution in [0.25, 0.3) is 0 Å². The van der Waals surface area contributed by atoms with Gasteiger partial charge in [0.15, 0.2) is 0 Å². The summed E-state index contributed by atoms with van der Waals surface area (Å²) in [4.78, 5) is 4.51. The SMILES string of the molecule is CNc1cccc(NC2CCCC(SC)C2)n1. The van der Waals surface area contributed by atoms with Crippen LogP contribution in [0, 0.1) is 0 Å². The fraction of sp³-hybridized carbons (Fsp3) is 0.615. The summed E-state index contributed by atoms with van der Waals surface area (Å²) in [6.45, 7) is 0. The van der Waals surface area contributed by atoms with Gasteiger partial charge in [0.1, 0.15) is 11.6 Å². The van der Waals surface area contributed by atoms with Crippen molar-refractivity contribution in [3.05, 3.63) is 18.2 Å². The first-order valence-corrected chi connectivity index (χ1v) is 7.54. The van der Waals surface area contributed by atoms with Crippen molar-refractivity contribution in [3.8, 4) is 0 Å². The zero-order valence-corrected chi connectivity index (χ0v) is 11.4. The molecule has 0 amide bonds. The van der Waals surface area contributed by atoms with Crippen LogP contribution in [-0.4, -0.2) is 29.6 Å². The molecule has 0 saturated heterocycles. The summed E-state index contributed by atoms with van der Waals surface area (Å²) in [5.74, 6) is 1.91. The topological polar surface area (TPSA) is 37.0 Å². The number of rotatable bonds is 4. The Morgan fingerprint density at radius 1 is 1.29 bits per heavy atom. The van der Waals surface area contributed by atoms with Gasteiger partial charge in [-0.3, -0.25) is 0 Å². The molecule has 0 aliphatic heterocycles. The van der Waals surface area contributed by atoms with Crippen molar-refractivity contribution in [1.82, 2.24) is 4.98 Å². The van der Waals surface area contributed by atoms with E-state index in [9.17, 15) is 0 Å². The van der Waals surface area contributed by atoms with E-state index in [0.29, 0.717) is 6.04 Å². The average molecular weight is 251 g/mol. The first kappa shape index (κ1) is 12.6. The first-order valence-electron chi connectivity index (χ1n) is 6.26. The highest BCUT2D eigenvalue weighted by atomic mass is 32.2. The average Bonchev–Trinajstić information content (AvgIpc) is 2.39. The second-order valence-corrected chi connectivity index (χ2v) is 5.66. The molecule has 1 aliphatic carbocycles. The van der Waals surface area contributed by atoms with Crippen LogP contribution in [0.15, 0.2) is 18.2 Å². The van der Waals surface area contributed by atoms with Gasteiger partial charge in [-0.1, -0.05) is 12.5 Å². The van der Waals surface area contributed by atoms with Gasteiger partial charge in [-0.15, -0.1) is 0 Å². The minimum absolute atomic E-state index is 0.584. The maximum absolute atomic E-state index is 4.51. The molecule has 17 heavy (non-hydrogen) atoms. The molecule has 2 N–H and O–H groups in total. The molecule has 1 saturated carbocycles. The number of thioether (sulfide) groups is 1. The van der Waals surface area contributed by atoms with Crippen LogP contribution in [0.1, 0.15) is 25.7 Å². The number of nitrogens with one attached hydrogen (secondary N) is 2. The summed E-state index contributed by atoms with van der Waals surface area (Å²) in [7, 11) is 1.90. The summed E-state index contributed by atoms with van der Waals surface area (Å²) in [6, 6.07) is 6.65. The Balaban J connectivity index is 1.95. The molecule has 94 valence electrons. The normalized spacial score (nSPS) is 24.4. The summed E-state index contributed by atoms with van der Waals surface area (Å²) in [6.07, 6.45) is 7.43. The van der Waals surface area contributed by atoms with Crippen molar-refractivity contribution in [2.75, 3.05) is 23.9 Å². The number of hydrogen-bond donors (Lipinski definition) is 2. The molecule has 0 bridgehead atoms. The second-order valence-electron chi connectivity index (χ2n) is 4.52. The van der Waals surface area contributed by atoms with Crippen molar-refractivity contribution >= 4 is 23.4 Å². The summed E-state index contributed by atoms with van der Waals surface area (Å²) >= 11 is 1.99. The van der Waals surface area contributed by atoms with Crippen molar-refractivity contribution in [1.29, 1.82) is 0 Å². The van der Waals surface area contributed by atoms with Crippen molar-refractivity contribution in [3.63, 3.8) is 0 Å². The maximum Gasteiger partial charge on any atom is 0.128 e. The Morgan fingerprint density at radius 2 is 2.12 bits per heavy atom. The van der Waals surface area contributed by atoms with E-state index < -0.39 is 0 Å². The van der Waals surface area contributed by atoms with E-state index >= 15 is 0 Å². The fourth-order valence-corrected chi connectivity index (χ4v) is 3.18. The third kappa shape index (κ3) is 3.53. The number of aromatic nitrogens is 1. The van der Waals surface area contributed by atoms with Crippen LogP contribution in [0.4, 0.5) is 11.6 Å². The van der Waals surface area contributed by atoms with Crippen LogP contribution in [-0.2, 0) is 0 Å². The molecular formula is C13H21N3S. The zero-order valence-electron chi connectivity index (χ0n) is 10.6. The van der Waals surface area contributed by atoms with Gasteiger partial charge < -0.3 is 10.6 Å². The van der Waals surface area contributed by atoms with Gasteiger partial charge in [-0.2, -0.15) is 11.8 Å². The Bertz CT molecular complexity index is 356. The van der Waals surface area contributed by atoms with Crippen molar-refractivity contribution in [2.24, 2.45) is 0 Å². The molecule has 4 heteroatoms. The van der Waals surface area contributed by atoms with Gasteiger partial charge in [0.25, 0.3) is 0 Å². The smallest absolute Gasteiger partial charge is 0.128 e. The second kappa shape index (κ2) is 6.15. The van der Waals surface area contributed by atoms with Gasteiger partial charge in [-0.05, 0) is 37.7 Å². The van der Waals surface area contributed by atoms with E-state index in [4.69, 9.17) is 0 Å². The lowest BCUT2D eigenvalue weighted by molar-refractivity contribution is 0.473. The largest absolute Gasteiger partial charge is 0.373 e. The molecule has 3 nitrogen and oxygen atoms in total. The highest BCUT2D eigenvalue weighted by Crippen LogP contribution is 2.28. The number of anilines is 2. The van der Waals surface area contributed by atoms with Gasteiger partial charge in [-0.25, -0.2) is 4.98 Å². The Morgan fingerprint density at radius 3 is 2.88 bits per heavy atom. The summed E-state index contributed by atoms with van der Waals surface area (Å²) in [5.41, 5.74) is 0. The van der Waals surface area contributed by atoms with E-state index in [1.165, 1.54) is 25.7 Å². The zero-order chi connectivity index (χ0) is 12.1. The van der Waals surface area contributed by atoms with Gasteiger partial charge >= 0.3 is 0 Å². The van der Waals surface area contributed by atoms with E-state index in [-0.39, 0.29) is 0 Å². The molecule has 2 rings (SSSR count). The minimum Gasteiger partial charge on any atom is -0.373 e. The Kier molecular flexibility index (Phi) is 4.54. The van der Waals surface area contributed by atoms with E-state index in [1.807, 2.05) is 37.0 Å². The Hall–Kier alpha value is -0.900. The molecule has 1 aliphatic rings. The molecule has 1 aromatic heterocycles. The highest BCUT2D eigenvalue weighted by molar-refractivity contribution is 7.99. The number of hydrogen-bond acceptors (Lipinski definition) is 4. The van der Waals surface area contributed by atoms with E-state index in [0.717, 1.165) is 16.9 Å². The van der Waals surface area contributed by atoms with Crippen LogP contribution in [0.2, 0.25) is 0 Å². The first-order chi connectivity index (χ1) is 8.31. The molecule has 2 unspecified atom stereocenters. The van der Waals surface area contributed by atoms with Crippen LogP contribution in [0.3, 0.4) is 0 Å². The predicted octanol–water partition coefficient (Wildman–Crippen LogP) is 3.21. The quantitative estimate of drug-likeness (QED) is 0.861. The molecule has 0 spiro atoms. The molecule has 1 heterocycles. The molecule has 1 fully saturated rings. The van der Waals surface area contributed by atoms with E-state index in [2.05, 4.69) is 21.9 Å². The van der Waals surface area contributed by atoms with Crippen LogP contribution < -0.4 is 10.6 Å². The third-order valence-electron chi connectivity index (χ3n) is 3.32.